The molecule has 0 atom stereocenters. The summed E-state index contributed by atoms with van der Waals surface area (Å²) in [5.41, 5.74) is 1.11. The molecule has 2 aliphatic heterocycles. The largest absolute Gasteiger partial charge is 0.339 e. The first-order valence-corrected chi connectivity index (χ1v) is 10.6. The Balaban J connectivity index is 1.28. The second kappa shape index (κ2) is 10.6. The molecule has 6 heteroatoms. The molecule has 0 aliphatic carbocycles. The highest BCUT2D eigenvalue weighted by Crippen LogP contribution is 2.12. The number of piperazine rings is 1. The Morgan fingerprint density at radius 3 is 1.96 bits per heavy atom. The zero-order chi connectivity index (χ0) is 19.8. The second-order valence-electron chi connectivity index (χ2n) is 7.89. The van der Waals surface area contributed by atoms with Gasteiger partial charge in [0.05, 0.1) is 0 Å². The number of aryl methyl sites for hydroxylation is 1. The summed E-state index contributed by atoms with van der Waals surface area (Å²) in [6, 6.07) is 6.56. The van der Waals surface area contributed by atoms with Crippen LogP contribution < -0.4 is 0 Å². The van der Waals surface area contributed by atoms with Crippen molar-refractivity contribution < 1.29 is 14.0 Å². The standard InChI is InChI=1S/C22H32FN3O2/c23-20-9-7-19(8-10-20)5-1-2-6-21(27)25-15-17-26(18-16-25)22(28)11-14-24-12-3-4-13-24/h7-10H,1-6,11-18H2. The SMILES string of the molecule is O=C(CCCCc1ccc(F)cc1)N1CCN(C(=O)CCN2CCCC2)CC1. The average molecular weight is 390 g/mol. The number of likely N-dealkylation sites (tertiary alicyclic amines) is 1. The smallest absolute Gasteiger partial charge is 0.223 e. The van der Waals surface area contributed by atoms with Gasteiger partial charge < -0.3 is 14.7 Å². The molecular weight excluding hydrogens is 357 g/mol. The fraction of sp³-hybridized carbons (Fsp3) is 0.636. The van der Waals surface area contributed by atoms with Gasteiger partial charge in [-0.25, -0.2) is 4.39 Å². The lowest BCUT2D eigenvalue weighted by Gasteiger charge is -2.35. The van der Waals surface area contributed by atoms with Crippen molar-refractivity contribution in [3.8, 4) is 0 Å². The van der Waals surface area contributed by atoms with E-state index < -0.39 is 0 Å². The number of amides is 2. The van der Waals surface area contributed by atoms with Gasteiger partial charge in [-0.3, -0.25) is 9.59 Å². The maximum Gasteiger partial charge on any atom is 0.223 e. The van der Waals surface area contributed by atoms with E-state index in [4.69, 9.17) is 0 Å². The van der Waals surface area contributed by atoms with Crippen LogP contribution in [0.2, 0.25) is 0 Å². The van der Waals surface area contributed by atoms with Gasteiger partial charge in [0.2, 0.25) is 11.8 Å². The highest BCUT2D eigenvalue weighted by atomic mass is 19.1. The van der Waals surface area contributed by atoms with Crippen molar-refractivity contribution in [3.05, 3.63) is 35.6 Å². The third kappa shape index (κ3) is 6.30. The molecule has 0 spiro atoms. The van der Waals surface area contributed by atoms with Crippen LogP contribution >= 0.6 is 0 Å². The third-order valence-electron chi connectivity index (χ3n) is 5.85. The number of halogens is 1. The van der Waals surface area contributed by atoms with Crippen LogP contribution in [-0.2, 0) is 16.0 Å². The van der Waals surface area contributed by atoms with E-state index in [-0.39, 0.29) is 17.6 Å². The summed E-state index contributed by atoms with van der Waals surface area (Å²) in [6.07, 6.45) is 6.27. The highest BCUT2D eigenvalue weighted by molar-refractivity contribution is 5.78. The molecule has 154 valence electrons. The first-order chi connectivity index (χ1) is 13.6. The molecule has 2 heterocycles. The van der Waals surface area contributed by atoms with Crippen LogP contribution in [-0.4, -0.2) is 72.3 Å². The molecule has 0 saturated carbocycles. The Labute approximate surface area is 167 Å². The lowest BCUT2D eigenvalue weighted by Crippen LogP contribution is -2.50. The number of hydrogen-bond donors (Lipinski definition) is 0. The van der Waals surface area contributed by atoms with Gasteiger partial charge in [-0.1, -0.05) is 12.1 Å². The lowest BCUT2D eigenvalue weighted by atomic mass is 10.1. The molecule has 0 bridgehead atoms. The number of hydrogen-bond acceptors (Lipinski definition) is 3. The molecule has 0 aromatic heterocycles. The van der Waals surface area contributed by atoms with E-state index in [1.807, 2.05) is 9.80 Å². The molecule has 0 radical (unpaired) electrons. The number of rotatable bonds is 8. The topological polar surface area (TPSA) is 43.9 Å². The summed E-state index contributed by atoms with van der Waals surface area (Å²) in [5, 5.41) is 0. The van der Waals surface area contributed by atoms with Gasteiger partial charge in [0.25, 0.3) is 0 Å². The van der Waals surface area contributed by atoms with Gasteiger partial charge in [0, 0.05) is 45.6 Å². The predicted octanol–water partition coefficient (Wildman–Crippen LogP) is 2.70. The van der Waals surface area contributed by atoms with Crippen LogP contribution in [0.4, 0.5) is 4.39 Å². The number of carbonyl (C=O) groups is 2. The summed E-state index contributed by atoms with van der Waals surface area (Å²) in [5.74, 6) is 0.189. The average Bonchev–Trinajstić information content (AvgIpc) is 3.24. The number of unbranched alkanes of at least 4 members (excludes halogenated alkanes) is 1. The van der Waals surface area contributed by atoms with Crippen molar-refractivity contribution in [2.75, 3.05) is 45.8 Å². The maximum atomic E-state index is 12.9. The molecule has 2 saturated heterocycles. The molecule has 5 nitrogen and oxygen atoms in total. The van der Waals surface area contributed by atoms with Gasteiger partial charge in [-0.05, 0) is 62.9 Å². The van der Waals surface area contributed by atoms with E-state index in [1.165, 1.54) is 25.0 Å². The van der Waals surface area contributed by atoms with Crippen molar-refractivity contribution in [2.45, 2.75) is 44.9 Å². The Hall–Kier alpha value is -1.95. The molecule has 2 fully saturated rings. The number of benzene rings is 1. The van der Waals surface area contributed by atoms with Crippen LogP contribution in [0.3, 0.4) is 0 Å². The van der Waals surface area contributed by atoms with E-state index in [2.05, 4.69) is 4.90 Å². The van der Waals surface area contributed by atoms with Crippen LogP contribution in [0, 0.1) is 5.82 Å². The Bertz CT molecular complexity index is 636. The van der Waals surface area contributed by atoms with Gasteiger partial charge in [-0.2, -0.15) is 0 Å². The summed E-state index contributed by atoms with van der Waals surface area (Å²) in [4.78, 5) is 30.9. The molecule has 0 unspecified atom stereocenters. The van der Waals surface area contributed by atoms with Crippen molar-refractivity contribution in [3.63, 3.8) is 0 Å². The predicted molar refractivity (Wildman–Crippen MR) is 107 cm³/mol. The van der Waals surface area contributed by atoms with Gasteiger partial charge in [0.1, 0.15) is 5.82 Å². The van der Waals surface area contributed by atoms with Crippen LogP contribution in [0.25, 0.3) is 0 Å². The minimum absolute atomic E-state index is 0.184. The fourth-order valence-electron chi connectivity index (χ4n) is 4.04. The number of nitrogens with zero attached hydrogens (tertiary/aromatic N) is 3. The molecule has 2 amide bonds. The zero-order valence-electron chi connectivity index (χ0n) is 16.7. The molecule has 28 heavy (non-hydrogen) atoms. The highest BCUT2D eigenvalue weighted by Gasteiger charge is 2.24. The van der Waals surface area contributed by atoms with Gasteiger partial charge in [0.15, 0.2) is 0 Å². The minimum Gasteiger partial charge on any atom is -0.339 e. The fourth-order valence-corrected chi connectivity index (χ4v) is 4.04. The first kappa shape index (κ1) is 20.8. The van der Waals surface area contributed by atoms with E-state index in [1.54, 1.807) is 12.1 Å². The van der Waals surface area contributed by atoms with Crippen LogP contribution in [0.1, 0.15) is 44.1 Å². The van der Waals surface area contributed by atoms with Crippen LogP contribution in [0.15, 0.2) is 24.3 Å². The normalized spacial score (nSPS) is 17.9. The summed E-state index contributed by atoms with van der Waals surface area (Å²) in [6.45, 7) is 5.71. The Kier molecular flexibility index (Phi) is 7.83. The molecule has 0 N–H and O–H groups in total. The Morgan fingerprint density at radius 1 is 0.786 bits per heavy atom. The van der Waals surface area contributed by atoms with E-state index in [0.717, 1.165) is 44.5 Å². The van der Waals surface area contributed by atoms with E-state index in [9.17, 15) is 14.0 Å². The maximum absolute atomic E-state index is 12.9. The zero-order valence-corrected chi connectivity index (χ0v) is 16.7. The minimum atomic E-state index is -0.215. The summed E-state index contributed by atoms with van der Waals surface area (Å²) < 4.78 is 12.9. The second-order valence-corrected chi connectivity index (χ2v) is 7.89. The van der Waals surface area contributed by atoms with Crippen molar-refractivity contribution >= 4 is 11.8 Å². The van der Waals surface area contributed by atoms with Crippen LogP contribution in [0.5, 0.6) is 0 Å². The lowest BCUT2D eigenvalue weighted by molar-refractivity contribution is -0.139. The molecular formula is C22H32FN3O2. The summed E-state index contributed by atoms with van der Waals surface area (Å²) >= 11 is 0. The van der Waals surface area contributed by atoms with Crippen molar-refractivity contribution in [1.82, 2.24) is 14.7 Å². The molecule has 1 aromatic carbocycles. The summed E-state index contributed by atoms with van der Waals surface area (Å²) in [7, 11) is 0. The monoisotopic (exact) mass is 389 g/mol. The van der Waals surface area contributed by atoms with E-state index in [0.29, 0.717) is 39.0 Å². The molecule has 2 aliphatic rings. The first-order valence-electron chi connectivity index (χ1n) is 10.6. The Morgan fingerprint density at radius 2 is 1.36 bits per heavy atom. The molecule has 3 rings (SSSR count). The van der Waals surface area contributed by atoms with Crippen molar-refractivity contribution in [1.29, 1.82) is 0 Å². The van der Waals surface area contributed by atoms with Crippen molar-refractivity contribution in [2.24, 2.45) is 0 Å². The van der Waals surface area contributed by atoms with E-state index >= 15 is 0 Å². The van der Waals surface area contributed by atoms with Gasteiger partial charge in [-0.15, -0.1) is 0 Å². The third-order valence-corrected chi connectivity index (χ3v) is 5.85. The van der Waals surface area contributed by atoms with Gasteiger partial charge >= 0.3 is 0 Å². The number of carbonyl (C=O) groups excluding carboxylic acids is 2. The quantitative estimate of drug-likeness (QED) is 0.642. The molecule has 1 aromatic rings.